The van der Waals surface area contributed by atoms with E-state index in [0.29, 0.717) is 11.3 Å². The highest BCUT2D eigenvalue weighted by atomic mass is 15.2. The van der Waals surface area contributed by atoms with Crippen LogP contribution in [0.1, 0.15) is 107 Å². The van der Waals surface area contributed by atoms with Gasteiger partial charge in [-0.05, 0) is 148 Å². The molecule has 4 saturated carbocycles. The van der Waals surface area contributed by atoms with Gasteiger partial charge in [-0.2, -0.15) is 0 Å². The maximum absolute atomic E-state index is 4.94. The van der Waals surface area contributed by atoms with Gasteiger partial charge in [-0.3, -0.25) is 4.99 Å². The third-order valence-electron chi connectivity index (χ3n) is 10.1. The van der Waals surface area contributed by atoms with Crippen LogP contribution in [0, 0.1) is 24.7 Å². The molecule has 0 aromatic heterocycles. The number of benzene rings is 2. The first-order valence-corrected chi connectivity index (χ1v) is 14.3. The Kier molecular flexibility index (Phi) is 5.66. The Bertz CT molecular complexity index is 1090. The molecule has 2 heteroatoms. The molecule has 2 aromatic rings. The molecule has 4 aliphatic carbocycles. The summed E-state index contributed by atoms with van der Waals surface area (Å²) in [4.78, 5) is 7.58. The first-order chi connectivity index (χ1) is 16.8. The highest BCUT2D eigenvalue weighted by molar-refractivity contribution is 5.86. The Morgan fingerprint density at radius 1 is 0.943 bits per heavy atom. The minimum atomic E-state index is 0.211. The number of nitrogens with zero attached hydrogens (tertiary/aromatic N) is 2. The van der Waals surface area contributed by atoms with E-state index in [9.17, 15) is 0 Å². The largest absolute Gasteiger partial charge is 0.366 e. The summed E-state index contributed by atoms with van der Waals surface area (Å²) in [6.45, 7) is 12.9. The number of aliphatic imine (C=N–C) groups is 1. The second-order valence-electron chi connectivity index (χ2n) is 13.3. The fourth-order valence-electron chi connectivity index (χ4n) is 8.95. The van der Waals surface area contributed by atoms with Gasteiger partial charge in [0.2, 0.25) is 0 Å². The van der Waals surface area contributed by atoms with Crippen molar-refractivity contribution >= 4 is 17.6 Å². The van der Waals surface area contributed by atoms with Crippen molar-refractivity contribution in [3.63, 3.8) is 0 Å². The molecule has 1 aliphatic heterocycles. The molecule has 0 N–H and O–H groups in total. The van der Waals surface area contributed by atoms with Crippen LogP contribution >= 0.6 is 0 Å². The normalized spacial score (nSPS) is 32.9. The van der Waals surface area contributed by atoms with Crippen molar-refractivity contribution in [2.75, 3.05) is 11.4 Å². The average Bonchev–Trinajstić information content (AvgIpc) is 2.80. The van der Waals surface area contributed by atoms with Gasteiger partial charge in [0.05, 0.1) is 5.69 Å². The van der Waals surface area contributed by atoms with Gasteiger partial charge in [0, 0.05) is 24.0 Å². The minimum absolute atomic E-state index is 0.211. The Labute approximate surface area is 213 Å². The summed E-state index contributed by atoms with van der Waals surface area (Å²) in [5, 5.41) is 0. The van der Waals surface area contributed by atoms with E-state index < -0.39 is 0 Å². The van der Waals surface area contributed by atoms with E-state index in [-0.39, 0.29) is 5.54 Å². The lowest BCUT2D eigenvalue weighted by Gasteiger charge is -2.57. The summed E-state index contributed by atoms with van der Waals surface area (Å²) in [7, 11) is 0. The van der Waals surface area contributed by atoms with Gasteiger partial charge in [-0.1, -0.05) is 26.0 Å². The van der Waals surface area contributed by atoms with Crippen molar-refractivity contribution in [3.05, 3.63) is 58.7 Å². The number of hydrogen-bond donors (Lipinski definition) is 0. The lowest BCUT2D eigenvalue weighted by molar-refractivity contribution is -0.00518. The maximum atomic E-state index is 4.94. The molecule has 0 amide bonds. The lowest BCUT2D eigenvalue weighted by Crippen LogP contribution is -2.48. The molecule has 35 heavy (non-hydrogen) atoms. The first-order valence-electron chi connectivity index (χ1n) is 14.3. The minimum Gasteiger partial charge on any atom is -0.366 e. The topological polar surface area (TPSA) is 15.6 Å². The van der Waals surface area contributed by atoms with Gasteiger partial charge < -0.3 is 4.90 Å². The fraction of sp³-hybridized carbons (Fsp3) is 0.606. The van der Waals surface area contributed by atoms with Crippen LogP contribution in [0.25, 0.3) is 0 Å². The van der Waals surface area contributed by atoms with Crippen LogP contribution in [0.3, 0.4) is 0 Å². The van der Waals surface area contributed by atoms with Crippen LogP contribution in [0.2, 0.25) is 0 Å². The lowest BCUT2D eigenvalue weighted by atomic mass is 9.48. The van der Waals surface area contributed by atoms with Gasteiger partial charge in [0.1, 0.15) is 0 Å². The summed E-state index contributed by atoms with van der Waals surface area (Å²) in [5.74, 6) is 3.55. The van der Waals surface area contributed by atoms with E-state index in [0.717, 1.165) is 30.0 Å². The van der Waals surface area contributed by atoms with Gasteiger partial charge in [0.15, 0.2) is 0 Å². The van der Waals surface area contributed by atoms with Crippen molar-refractivity contribution in [1.82, 2.24) is 0 Å². The summed E-state index contributed by atoms with van der Waals surface area (Å²) >= 11 is 0. The molecule has 1 heterocycles. The fourth-order valence-corrected chi connectivity index (χ4v) is 8.95. The number of aryl methyl sites for hydroxylation is 1. The Hall–Kier alpha value is -2.09. The summed E-state index contributed by atoms with van der Waals surface area (Å²) < 4.78 is 0. The summed E-state index contributed by atoms with van der Waals surface area (Å²) in [6, 6.07) is 14.2. The zero-order valence-electron chi connectivity index (χ0n) is 22.6. The van der Waals surface area contributed by atoms with Crippen molar-refractivity contribution in [2.45, 2.75) is 103 Å². The van der Waals surface area contributed by atoms with Gasteiger partial charge in [-0.25, -0.2) is 0 Å². The summed E-state index contributed by atoms with van der Waals surface area (Å²) in [5.41, 5.74) is 8.86. The maximum Gasteiger partial charge on any atom is 0.0630 e. The second kappa shape index (κ2) is 8.49. The van der Waals surface area contributed by atoms with Crippen LogP contribution in [0.5, 0.6) is 0 Å². The standard InChI is InChI=1S/C33H44N2/c1-6-11-35-31-12-22(2)27(16-30(31)23(3)17-32(35,4)5)21-34-29-9-7-28(8-10-29)33-18-24-13-25(19-33)15-26(14-24)20-33/h7-10,12,16,21,23-26H,6,11,13-15,17-20H2,1-5H3. The predicted molar refractivity (Wildman–Crippen MR) is 149 cm³/mol. The van der Waals surface area contributed by atoms with Crippen LogP contribution in [0.4, 0.5) is 11.4 Å². The van der Waals surface area contributed by atoms with Crippen LogP contribution < -0.4 is 4.90 Å². The molecule has 0 saturated heterocycles. The zero-order valence-corrected chi connectivity index (χ0v) is 22.6. The quantitative estimate of drug-likeness (QED) is 0.401. The summed E-state index contributed by atoms with van der Waals surface area (Å²) in [6.07, 6.45) is 13.3. The SMILES string of the molecule is CCCN1c2cc(C)c(C=Nc3ccc(C45CC6CC(CC(C6)C4)C5)cc3)cc2C(C)CC1(C)C. The zero-order chi connectivity index (χ0) is 24.4. The van der Waals surface area contributed by atoms with E-state index in [2.05, 4.69) is 82.1 Å². The molecule has 0 radical (unpaired) electrons. The molecular formula is C33H44N2. The van der Waals surface area contributed by atoms with E-state index in [1.807, 2.05) is 0 Å². The molecule has 5 aliphatic rings. The van der Waals surface area contributed by atoms with Crippen molar-refractivity contribution < 1.29 is 0 Å². The molecule has 4 fully saturated rings. The number of rotatable bonds is 5. The van der Waals surface area contributed by atoms with Gasteiger partial charge >= 0.3 is 0 Å². The molecule has 1 unspecified atom stereocenters. The Balaban J connectivity index is 1.24. The second-order valence-corrected chi connectivity index (χ2v) is 13.3. The molecule has 1 atom stereocenters. The highest BCUT2D eigenvalue weighted by Gasteiger charge is 2.51. The third kappa shape index (κ3) is 4.05. The molecule has 186 valence electrons. The van der Waals surface area contributed by atoms with Crippen LogP contribution in [-0.4, -0.2) is 18.3 Å². The average molecular weight is 469 g/mol. The smallest absolute Gasteiger partial charge is 0.0630 e. The number of fused-ring (bicyclic) bond motifs is 1. The van der Waals surface area contributed by atoms with E-state index in [1.54, 1.807) is 5.56 Å². The van der Waals surface area contributed by atoms with Crippen LogP contribution in [-0.2, 0) is 5.41 Å². The molecule has 2 nitrogen and oxygen atoms in total. The monoisotopic (exact) mass is 468 g/mol. The van der Waals surface area contributed by atoms with Crippen molar-refractivity contribution in [3.8, 4) is 0 Å². The first kappa shape index (κ1) is 23.3. The van der Waals surface area contributed by atoms with Crippen LogP contribution in [0.15, 0.2) is 41.4 Å². The van der Waals surface area contributed by atoms with Gasteiger partial charge in [-0.15, -0.1) is 0 Å². The van der Waals surface area contributed by atoms with Crippen molar-refractivity contribution in [1.29, 1.82) is 0 Å². The predicted octanol–water partition coefficient (Wildman–Crippen LogP) is 8.72. The molecule has 4 bridgehead atoms. The molecule has 7 rings (SSSR count). The van der Waals surface area contributed by atoms with E-state index >= 15 is 0 Å². The Morgan fingerprint density at radius 3 is 2.17 bits per heavy atom. The van der Waals surface area contributed by atoms with E-state index in [1.165, 1.54) is 73.7 Å². The van der Waals surface area contributed by atoms with E-state index in [4.69, 9.17) is 4.99 Å². The highest BCUT2D eigenvalue weighted by Crippen LogP contribution is 2.60. The molecular weight excluding hydrogens is 424 g/mol. The number of hydrogen-bond acceptors (Lipinski definition) is 2. The van der Waals surface area contributed by atoms with Crippen molar-refractivity contribution in [2.24, 2.45) is 22.7 Å². The third-order valence-corrected chi connectivity index (χ3v) is 10.1. The number of anilines is 1. The molecule has 0 spiro atoms. The van der Waals surface area contributed by atoms with Gasteiger partial charge in [0.25, 0.3) is 0 Å². The Morgan fingerprint density at radius 2 is 1.57 bits per heavy atom. The molecule has 2 aromatic carbocycles.